The molecule has 2 aliphatic heterocycles. The maximum Gasteiger partial charge on any atom is 0.234 e. The van der Waals surface area contributed by atoms with Gasteiger partial charge in [0.1, 0.15) is 5.41 Å². The average Bonchev–Trinajstić information content (AvgIpc) is 2.91. The van der Waals surface area contributed by atoms with E-state index >= 15 is 0 Å². The highest BCUT2D eigenvalue weighted by Gasteiger charge is 2.45. The first-order valence-corrected chi connectivity index (χ1v) is 7.29. The molecule has 0 aromatic heterocycles. The SMILES string of the molecule is NC(=NO)C1(C(=O)NC2CCSC2)CCOCC1. The second kappa shape index (κ2) is 5.79. The molecule has 0 saturated carbocycles. The predicted molar refractivity (Wildman–Crippen MR) is 69.8 cm³/mol. The van der Waals surface area contributed by atoms with Gasteiger partial charge in [0.2, 0.25) is 5.91 Å². The Kier molecular flexibility index (Phi) is 4.34. The molecule has 18 heavy (non-hydrogen) atoms. The van der Waals surface area contributed by atoms with Crippen LogP contribution in [0.1, 0.15) is 19.3 Å². The summed E-state index contributed by atoms with van der Waals surface area (Å²) >= 11 is 1.83. The standard InChI is InChI=1S/C11H19N3O3S/c12-9(14-16)11(2-4-17-5-3-11)10(15)13-8-1-6-18-7-8/h8,16H,1-7H2,(H2,12,14)(H,13,15). The fourth-order valence-electron chi connectivity index (χ4n) is 2.39. The number of hydrogen-bond acceptors (Lipinski definition) is 5. The minimum Gasteiger partial charge on any atom is -0.409 e. The molecule has 0 aliphatic carbocycles. The largest absolute Gasteiger partial charge is 0.409 e. The van der Waals surface area contributed by atoms with Crippen molar-refractivity contribution in [1.82, 2.24) is 5.32 Å². The highest BCUT2D eigenvalue weighted by molar-refractivity contribution is 7.99. The first kappa shape index (κ1) is 13.5. The van der Waals surface area contributed by atoms with E-state index in [1.165, 1.54) is 0 Å². The summed E-state index contributed by atoms with van der Waals surface area (Å²) in [6, 6.07) is 0.203. The van der Waals surface area contributed by atoms with E-state index in [0.717, 1.165) is 17.9 Å². The van der Waals surface area contributed by atoms with Crippen LogP contribution in [0.5, 0.6) is 0 Å². The maximum atomic E-state index is 12.4. The lowest BCUT2D eigenvalue weighted by Gasteiger charge is -2.35. The second-order valence-corrected chi connectivity index (χ2v) is 5.86. The van der Waals surface area contributed by atoms with Gasteiger partial charge >= 0.3 is 0 Å². The van der Waals surface area contributed by atoms with Gasteiger partial charge in [-0.05, 0) is 25.0 Å². The van der Waals surface area contributed by atoms with Crippen LogP contribution in [0.15, 0.2) is 5.16 Å². The van der Waals surface area contributed by atoms with Gasteiger partial charge in [0.25, 0.3) is 0 Å². The molecule has 6 nitrogen and oxygen atoms in total. The first-order chi connectivity index (χ1) is 8.69. The third-order valence-electron chi connectivity index (χ3n) is 3.64. The molecule has 2 rings (SSSR count). The van der Waals surface area contributed by atoms with E-state index in [4.69, 9.17) is 15.7 Å². The number of carbonyl (C=O) groups is 1. The Bertz CT molecular complexity index is 336. The molecule has 4 N–H and O–H groups in total. The van der Waals surface area contributed by atoms with Gasteiger partial charge in [-0.25, -0.2) is 0 Å². The Hall–Kier alpha value is -0.950. The maximum absolute atomic E-state index is 12.4. The van der Waals surface area contributed by atoms with Crippen molar-refractivity contribution in [3.8, 4) is 0 Å². The van der Waals surface area contributed by atoms with Crippen molar-refractivity contribution < 1.29 is 14.7 Å². The molecule has 0 aromatic rings. The van der Waals surface area contributed by atoms with Gasteiger partial charge in [0.05, 0.1) is 0 Å². The van der Waals surface area contributed by atoms with Crippen LogP contribution < -0.4 is 11.1 Å². The van der Waals surface area contributed by atoms with E-state index in [9.17, 15) is 4.79 Å². The summed E-state index contributed by atoms with van der Waals surface area (Å²) in [4.78, 5) is 12.4. The zero-order valence-corrected chi connectivity index (χ0v) is 11.0. The Morgan fingerprint density at radius 2 is 2.22 bits per heavy atom. The molecule has 2 saturated heterocycles. The lowest BCUT2D eigenvalue weighted by Crippen LogP contribution is -2.54. The normalized spacial score (nSPS) is 28.0. The quantitative estimate of drug-likeness (QED) is 0.294. The number of nitrogens with two attached hydrogens (primary N) is 1. The summed E-state index contributed by atoms with van der Waals surface area (Å²) in [6.45, 7) is 0.923. The minimum absolute atomic E-state index is 0.00560. The predicted octanol–water partition coefficient (Wildman–Crippen LogP) is 0.151. The van der Waals surface area contributed by atoms with Gasteiger partial charge in [-0.15, -0.1) is 0 Å². The number of carbonyl (C=O) groups excluding carboxylic acids is 1. The number of thioether (sulfide) groups is 1. The fraction of sp³-hybridized carbons (Fsp3) is 0.818. The van der Waals surface area contributed by atoms with Crippen molar-refractivity contribution in [2.24, 2.45) is 16.3 Å². The Morgan fingerprint density at radius 3 is 2.78 bits per heavy atom. The van der Waals surface area contributed by atoms with Gasteiger partial charge in [0, 0.05) is 25.0 Å². The molecule has 0 bridgehead atoms. The highest BCUT2D eigenvalue weighted by Crippen LogP contribution is 2.32. The molecule has 0 spiro atoms. The molecular weight excluding hydrogens is 254 g/mol. The molecule has 2 aliphatic rings. The van der Waals surface area contributed by atoms with Gasteiger partial charge in [-0.1, -0.05) is 5.16 Å². The number of amides is 1. The van der Waals surface area contributed by atoms with E-state index in [2.05, 4.69) is 10.5 Å². The fourth-order valence-corrected chi connectivity index (χ4v) is 3.54. The zero-order chi connectivity index (χ0) is 13.0. The summed E-state index contributed by atoms with van der Waals surface area (Å²) in [5.74, 6) is 1.88. The average molecular weight is 273 g/mol. The minimum atomic E-state index is -0.903. The van der Waals surface area contributed by atoms with Gasteiger partial charge in [-0.2, -0.15) is 11.8 Å². The molecule has 7 heteroatoms. The van der Waals surface area contributed by atoms with E-state index in [-0.39, 0.29) is 17.8 Å². The van der Waals surface area contributed by atoms with Crippen LogP contribution in [0.25, 0.3) is 0 Å². The molecule has 2 heterocycles. The van der Waals surface area contributed by atoms with Crippen LogP contribution in [0, 0.1) is 5.41 Å². The smallest absolute Gasteiger partial charge is 0.234 e. The van der Waals surface area contributed by atoms with Crippen molar-refractivity contribution in [3.05, 3.63) is 0 Å². The Labute approximate surface area is 110 Å². The number of ether oxygens (including phenoxy) is 1. The number of nitrogens with one attached hydrogen (secondary N) is 1. The van der Waals surface area contributed by atoms with Gasteiger partial charge < -0.3 is 21.0 Å². The van der Waals surface area contributed by atoms with Gasteiger partial charge in [0.15, 0.2) is 5.84 Å². The third-order valence-corrected chi connectivity index (χ3v) is 4.81. The van der Waals surface area contributed by atoms with Gasteiger partial charge in [-0.3, -0.25) is 4.79 Å². The van der Waals surface area contributed by atoms with Crippen molar-refractivity contribution in [1.29, 1.82) is 0 Å². The van der Waals surface area contributed by atoms with Crippen LogP contribution in [0.3, 0.4) is 0 Å². The molecule has 1 amide bonds. The highest BCUT2D eigenvalue weighted by atomic mass is 32.2. The van der Waals surface area contributed by atoms with Crippen LogP contribution in [0.2, 0.25) is 0 Å². The van der Waals surface area contributed by atoms with Crippen LogP contribution in [-0.4, -0.2) is 47.7 Å². The molecular formula is C11H19N3O3S. The van der Waals surface area contributed by atoms with Crippen molar-refractivity contribution in [2.75, 3.05) is 24.7 Å². The van der Waals surface area contributed by atoms with E-state index in [1.54, 1.807) is 0 Å². The second-order valence-electron chi connectivity index (χ2n) is 4.71. The molecule has 1 atom stereocenters. The third kappa shape index (κ3) is 2.56. The molecule has 0 radical (unpaired) electrons. The summed E-state index contributed by atoms with van der Waals surface area (Å²) in [5.41, 5.74) is 4.83. The Balaban J connectivity index is 2.09. The lowest BCUT2D eigenvalue weighted by atomic mass is 9.78. The number of rotatable bonds is 3. The number of oxime groups is 1. The summed E-state index contributed by atoms with van der Waals surface area (Å²) in [6.07, 6.45) is 1.92. The summed E-state index contributed by atoms with van der Waals surface area (Å²) < 4.78 is 5.26. The van der Waals surface area contributed by atoms with Crippen LogP contribution in [0.4, 0.5) is 0 Å². The molecule has 1 unspecified atom stereocenters. The molecule has 2 fully saturated rings. The zero-order valence-electron chi connectivity index (χ0n) is 10.2. The number of amidine groups is 1. The number of nitrogens with zero attached hydrogens (tertiary/aromatic N) is 1. The lowest BCUT2D eigenvalue weighted by molar-refractivity contribution is -0.132. The van der Waals surface area contributed by atoms with Crippen LogP contribution in [-0.2, 0) is 9.53 Å². The van der Waals surface area contributed by atoms with E-state index < -0.39 is 5.41 Å². The Morgan fingerprint density at radius 1 is 1.50 bits per heavy atom. The summed E-state index contributed by atoms with van der Waals surface area (Å²) in [7, 11) is 0. The monoisotopic (exact) mass is 273 g/mol. The number of hydrogen-bond donors (Lipinski definition) is 3. The van der Waals surface area contributed by atoms with Crippen LogP contribution >= 0.6 is 11.8 Å². The topological polar surface area (TPSA) is 96.9 Å². The molecule has 102 valence electrons. The first-order valence-electron chi connectivity index (χ1n) is 6.13. The van der Waals surface area contributed by atoms with Crippen molar-refractivity contribution in [3.63, 3.8) is 0 Å². The van der Waals surface area contributed by atoms with Crippen molar-refractivity contribution in [2.45, 2.75) is 25.3 Å². The van der Waals surface area contributed by atoms with E-state index in [0.29, 0.717) is 26.1 Å². The van der Waals surface area contributed by atoms with Crippen molar-refractivity contribution >= 4 is 23.5 Å². The molecule has 0 aromatic carbocycles. The van der Waals surface area contributed by atoms with E-state index in [1.807, 2.05) is 11.8 Å². The summed E-state index contributed by atoms with van der Waals surface area (Å²) in [5, 5.41) is 15.0.